The Balaban J connectivity index is 2.71. The third-order valence-corrected chi connectivity index (χ3v) is 1.78. The fourth-order valence-electron chi connectivity index (χ4n) is 0.965. The van der Waals surface area contributed by atoms with Gasteiger partial charge in [0.15, 0.2) is 6.61 Å². The number of carbonyl (C=O) groups is 1. The molecule has 15 heavy (non-hydrogen) atoms. The van der Waals surface area contributed by atoms with Crippen LogP contribution in [0.3, 0.4) is 0 Å². The number of nitriles is 1. The Morgan fingerprint density at radius 3 is 2.93 bits per heavy atom. The molecule has 0 spiro atoms. The van der Waals surface area contributed by atoms with Crippen LogP contribution in [0.2, 0.25) is 0 Å². The molecule has 0 saturated heterocycles. The van der Waals surface area contributed by atoms with Crippen molar-refractivity contribution in [1.29, 1.82) is 5.26 Å². The van der Waals surface area contributed by atoms with E-state index in [1.807, 2.05) is 6.07 Å². The summed E-state index contributed by atoms with van der Waals surface area (Å²) in [5, 5.41) is 11.0. The van der Waals surface area contributed by atoms with Crippen molar-refractivity contribution in [2.45, 2.75) is 0 Å². The van der Waals surface area contributed by atoms with E-state index in [-0.39, 0.29) is 12.5 Å². The summed E-state index contributed by atoms with van der Waals surface area (Å²) in [6, 6.07) is 6.60. The fourth-order valence-corrected chi connectivity index (χ4v) is 0.965. The molecule has 0 unspecified atom stereocenters. The molecule has 0 saturated carbocycles. The van der Waals surface area contributed by atoms with Gasteiger partial charge in [0, 0.05) is 7.05 Å². The van der Waals surface area contributed by atoms with Gasteiger partial charge in [-0.3, -0.25) is 4.79 Å². The Bertz CT molecular complexity index is 410. The number of carbonyl (C=O) groups excluding carboxylic acids is 1. The monoisotopic (exact) mass is 205 g/mol. The fraction of sp³-hybridized carbons (Fsp3) is 0.200. The maximum Gasteiger partial charge on any atom is 0.257 e. The van der Waals surface area contributed by atoms with Crippen LogP contribution in [0.4, 0.5) is 5.69 Å². The number of amides is 1. The molecule has 78 valence electrons. The zero-order valence-electron chi connectivity index (χ0n) is 8.28. The second kappa shape index (κ2) is 4.86. The Morgan fingerprint density at radius 2 is 2.40 bits per heavy atom. The first kappa shape index (κ1) is 10.9. The second-order valence-corrected chi connectivity index (χ2v) is 2.83. The predicted octanol–water partition coefficient (Wildman–Crippen LogP) is 0.265. The molecule has 0 heterocycles. The van der Waals surface area contributed by atoms with Crippen LogP contribution >= 0.6 is 0 Å². The van der Waals surface area contributed by atoms with Gasteiger partial charge in [0.2, 0.25) is 0 Å². The molecule has 0 aliphatic rings. The summed E-state index contributed by atoms with van der Waals surface area (Å²) in [6.45, 7) is -0.0907. The maximum atomic E-state index is 10.9. The van der Waals surface area contributed by atoms with Crippen LogP contribution in [0.15, 0.2) is 18.2 Å². The zero-order chi connectivity index (χ0) is 11.3. The molecule has 3 N–H and O–H groups in total. The summed E-state index contributed by atoms with van der Waals surface area (Å²) in [6.07, 6.45) is 0. The molecule has 5 heteroatoms. The molecule has 0 aliphatic carbocycles. The molecule has 0 atom stereocenters. The normalized spacial score (nSPS) is 9.07. The molecule has 1 rings (SSSR count). The molecule has 0 radical (unpaired) electrons. The number of nitrogen functional groups attached to an aromatic ring is 1. The molecular weight excluding hydrogens is 194 g/mol. The highest BCUT2D eigenvalue weighted by atomic mass is 16.5. The summed E-state index contributed by atoms with van der Waals surface area (Å²) in [7, 11) is 1.52. The molecule has 0 aliphatic heterocycles. The van der Waals surface area contributed by atoms with Gasteiger partial charge in [0.05, 0.1) is 17.3 Å². The summed E-state index contributed by atoms with van der Waals surface area (Å²) in [4.78, 5) is 10.9. The smallest absolute Gasteiger partial charge is 0.257 e. The van der Waals surface area contributed by atoms with Gasteiger partial charge in [-0.2, -0.15) is 5.26 Å². The van der Waals surface area contributed by atoms with Crippen molar-refractivity contribution in [1.82, 2.24) is 5.32 Å². The van der Waals surface area contributed by atoms with Gasteiger partial charge in [-0.25, -0.2) is 0 Å². The summed E-state index contributed by atoms with van der Waals surface area (Å²) < 4.78 is 5.14. The minimum Gasteiger partial charge on any atom is -0.482 e. The predicted molar refractivity (Wildman–Crippen MR) is 55.1 cm³/mol. The molecule has 1 amide bonds. The van der Waals surface area contributed by atoms with E-state index in [1.165, 1.54) is 13.1 Å². The highest BCUT2D eigenvalue weighted by Gasteiger charge is 2.04. The molecule has 1 aromatic rings. The number of likely N-dealkylation sites (N-methyl/N-ethyl adjacent to an activating group) is 1. The number of nitrogens with one attached hydrogen (secondary N) is 1. The molecule has 1 aromatic carbocycles. The van der Waals surface area contributed by atoms with E-state index >= 15 is 0 Å². The van der Waals surface area contributed by atoms with E-state index in [2.05, 4.69) is 5.32 Å². The van der Waals surface area contributed by atoms with Crippen LogP contribution in [0, 0.1) is 11.3 Å². The van der Waals surface area contributed by atoms with Crippen molar-refractivity contribution in [2.24, 2.45) is 0 Å². The van der Waals surface area contributed by atoms with E-state index in [1.54, 1.807) is 12.1 Å². The third-order valence-electron chi connectivity index (χ3n) is 1.78. The maximum absolute atomic E-state index is 10.9. The largest absolute Gasteiger partial charge is 0.482 e. The lowest BCUT2D eigenvalue weighted by Crippen LogP contribution is -2.25. The molecule has 0 aromatic heterocycles. The first-order valence-electron chi connectivity index (χ1n) is 4.30. The minimum absolute atomic E-state index is 0.0907. The lowest BCUT2D eigenvalue weighted by molar-refractivity contribution is -0.122. The first-order valence-corrected chi connectivity index (χ1v) is 4.30. The van der Waals surface area contributed by atoms with Crippen LogP contribution in [0.5, 0.6) is 5.75 Å². The highest BCUT2D eigenvalue weighted by Crippen LogP contribution is 2.21. The lowest BCUT2D eigenvalue weighted by Gasteiger charge is -2.07. The molecule has 0 fully saturated rings. The molecule has 0 bridgehead atoms. The van der Waals surface area contributed by atoms with Gasteiger partial charge in [-0.05, 0) is 18.2 Å². The van der Waals surface area contributed by atoms with E-state index in [0.717, 1.165) is 0 Å². The van der Waals surface area contributed by atoms with Crippen molar-refractivity contribution in [3.05, 3.63) is 23.8 Å². The van der Waals surface area contributed by atoms with Crippen molar-refractivity contribution in [2.75, 3.05) is 19.4 Å². The van der Waals surface area contributed by atoms with E-state index in [4.69, 9.17) is 15.7 Å². The van der Waals surface area contributed by atoms with Crippen LogP contribution in [0.1, 0.15) is 5.56 Å². The molecular formula is C10H11N3O2. The van der Waals surface area contributed by atoms with E-state index in [0.29, 0.717) is 17.0 Å². The number of ether oxygens (including phenoxy) is 1. The number of hydrogen-bond acceptors (Lipinski definition) is 4. The first-order chi connectivity index (χ1) is 7.17. The molecule has 5 nitrogen and oxygen atoms in total. The number of rotatable bonds is 3. The lowest BCUT2D eigenvalue weighted by atomic mass is 10.2. The summed E-state index contributed by atoms with van der Waals surface area (Å²) >= 11 is 0. The second-order valence-electron chi connectivity index (χ2n) is 2.83. The van der Waals surface area contributed by atoms with E-state index < -0.39 is 0 Å². The average Bonchev–Trinajstić information content (AvgIpc) is 2.26. The summed E-state index contributed by atoms with van der Waals surface area (Å²) in [5.41, 5.74) is 6.42. The number of hydrogen-bond donors (Lipinski definition) is 2. The Labute approximate surface area is 87.4 Å². The van der Waals surface area contributed by atoms with Gasteiger partial charge in [-0.1, -0.05) is 0 Å². The van der Waals surface area contributed by atoms with Crippen LogP contribution in [0.25, 0.3) is 0 Å². The van der Waals surface area contributed by atoms with Gasteiger partial charge in [0.25, 0.3) is 5.91 Å². The summed E-state index contributed by atoms with van der Waals surface area (Å²) in [5.74, 6) is 0.163. The minimum atomic E-state index is -0.237. The Kier molecular flexibility index (Phi) is 3.52. The van der Waals surface area contributed by atoms with Crippen molar-refractivity contribution in [3.8, 4) is 11.8 Å². The number of nitrogens with two attached hydrogens (primary N) is 1. The van der Waals surface area contributed by atoms with Crippen LogP contribution in [-0.4, -0.2) is 19.6 Å². The average molecular weight is 205 g/mol. The van der Waals surface area contributed by atoms with Gasteiger partial charge >= 0.3 is 0 Å². The highest BCUT2D eigenvalue weighted by molar-refractivity contribution is 5.77. The Hall–Kier alpha value is -2.22. The van der Waals surface area contributed by atoms with Crippen LogP contribution in [-0.2, 0) is 4.79 Å². The number of nitrogens with zero attached hydrogens (tertiary/aromatic N) is 1. The quantitative estimate of drug-likeness (QED) is 0.693. The number of benzene rings is 1. The van der Waals surface area contributed by atoms with Crippen molar-refractivity contribution >= 4 is 11.6 Å². The van der Waals surface area contributed by atoms with Gasteiger partial charge in [-0.15, -0.1) is 0 Å². The standard InChI is InChI=1S/C10H11N3O2/c1-13-10(14)6-15-9-3-2-7(5-11)4-8(9)12/h2-4H,6,12H2,1H3,(H,13,14). The van der Waals surface area contributed by atoms with Crippen molar-refractivity contribution < 1.29 is 9.53 Å². The van der Waals surface area contributed by atoms with Crippen LogP contribution < -0.4 is 15.8 Å². The van der Waals surface area contributed by atoms with Gasteiger partial charge < -0.3 is 15.8 Å². The SMILES string of the molecule is CNC(=O)COc1ccc(C#N)cc1N. The third kappa shape index (κ3) is 2.88. The van der Waals surface area contributed by atoms with E-state index in [9.17, 15) is 4.79 Å². The zero-order valence-corrected chi connectivity index (χ0v) is 8.28. The van der Waals surface area contributed by atoms with Gasteiger partial charge in [0.1, 0.15) is 5.75 Å². The van der Waals surface area contributed by atoms with Crippen molar-refractivity contribution in [3.63, 3.8) is 0 Å². The Morgan fingerprint density at radius 1 is 1.67 bits per heavy atom. The number of anilines is 1. The topological polar surface area (TPSA) is 88.1 Å².